The number of benzene rings is 2. The number of ether oxygens (including phenoxy) is 1. The normalized spacial score (nSPS) is 12.0. The van der Waals surface area contributed by atoms with Crippen LogP contribution in [0.3, 0.4) is 0 Å². The molecule has 0 spiro atoms. The summed E-state index contributed by atoms with van der Waals surface area (Å²) in [5.41, 5.74) is 2.08. The number of nitrogens with zero attached hydrogens (tertiary/aromatic N) is 2. The molecule has 6 nitrogen and oxygen atoms in total. The van der Waals surface area contributed by atoms with Crippen LogP contribution in [0.2, 0.25) is 5.02 Å². The third kappa shape index (κ3) is 7.08. The van der Waals surface area contributed by atoms with Gasteiger partial charge in [0.25, 0.3) is 0 Å². The highest BCUT2D eigenvalue weighted by Crippen LogP contribution is 2.22. The van der Waals surface area contributed by atoms with Crippen LogP contribution in [0.1, 0.15) is 26.3 Å². The Balaban J connectivity index is 2.31. The fourth-order valence-electron chi connectivity index (χ4n) is 2.41. The predicted octanol–water partition coefficient (Wildman–Crippen LogP) is 4.77. The van der Waals surface area contributed by atoms with Gasteiger partial charge < -0.3 is 15.4 Å². The fraction of sp³-hybridized carbons (Fsp3) is 0.273. The second-order valence-electron chi connectivity index (χ2n) is 6.81. The molecule has 30 heavy (non-hydrogen) atoms. The standard InChI is InChI=1S/C22H26ClFN4O2/c1-15(2)30-21-10-9-19(11-20(21)24)27-22(26-12-16(3)25-4)28(14-29)13-17-5-7-18(23)8-6-17/h5-12,14-15,25H,13H2,1-4H3,(H,26,27)/b16-12+. The Morgan fingerprint density at radius 3 is 2.53 bits per heavy atom. The largest absolute Gasteiger partial charge is 0.488 e. The molecular formula is C22H26ClFN4O2. The molecule has 0 aliphatic heterocycles. The number of rotatable bonds is 8. The summed E-state index contributed by atoms with van der Waals surface area (Å²) in [4.78, 5) is 17.6. The highest BCUT2D eigenvalue weighted by molar-refractivity contribution is 6.30. The van der Waals surface area contributed by atoms with E-state index in [9.17, 15) is 9.18 Å². The monoisotopic (exact) mass is 432 g/mol. The highest BCUT2D eigenvalue weighted by Gasteiger charge is 2.14. The Morgan fingerprint density at radius 2 is 1.97 bits per heavy atom. The first-order valence-electron chi connectivity index (χ1n) is 9.44. The van der Waals surface area contributed by atoms with Crippen LogP contribution in [0.4, 0.5) is 10.1 Å². The van der Waals surface area contributed by atoms with E-state index in [2.05, 4.69) is 15.6 Å². The van der Waals surface area contributed by atoms with Gasteiger partial charge in [-0.2, -0.15) is 0 Å². The number of anilines is 1. The van der Waals surface area contributed by atoms with Crippen molar-refractivity contribution >= 4 is 29.7 Å². The second-order valence-corrected chi connectivity index (χ2v) is 7.25. The van der Waals surface area contributed by atoms with Gasteiger partial charge in [-0.1, -0.05) is 23.7 Å². The van der Waals surface area contributed by atoms with Gasteiger partial charge in [0.2, 0.25) is 12.4 Å². The molecule has 0 aromatic heterocycles. The number of guanidine groups is 1. The first kappa shape index (κ1) is 23.2. The number of carbonyl (C=O) groups excluding carboxylic acids is 1. The number of hydrogen-bond acceptors (Lipinski definition) is 4. The Kier molecular flexibility index (Phi) is 8.68. The van der Waals surface area contributed by atoms with Crippen LogP contribution < -0.4 is 15.4 Å². The van der Waals surface area contributed by atoms with Crippen molar-refractivity contribution < 1.29 is 13.9 Å². The number of hydrogen-bond donors (Lipinski definition) is 2. The lowest BCUT2D eigenvalue weighted by molar-refractivity contribution is -0.115. The lowest BCUT2D eigenvalue weighted by Crippen LogP contribution is -2.35. The van der Waals surface area contributed by atoms with E-state index in [0.717, 1.165) is 11.3 Å². The average molecular weight is 433 g/mol. The van der Waals surface area contributed by atoms with Crippen LogP contribution in [-0.4, -0.2) is 30.4 Å². The quantitative estimate of drug-likeness (QED) is 0.358. The summed E-state index contributed by atoms with van der Waals surface area (Å²) in [6.45, 7) is 5.75. The first-order chi connectivity index (χ1) is 14.3. The zero-order chi connectivity index (χ0) is 22.1. The maximum Gasteiger partial charge on any atom is 0.216 e. The van der Waals surface area contributed by atoms with Crippen LogP contribution in [0, 0.1) is 5.82 Å². The highest BCUT2D eigenvalue weighted by atomic mass is 35.5. The van der Waals surface area contributed by atoms with E-state index in [1.54, 1.807) is 31.4 Å². The van der Waals surface area contributed by atoms with Crippen LogP contribution >= 0.6 is 11.6 Å². The molecule has 0 radical (unpaired) electrons. The molecule has 0 bridgehead atoms. The third-order valence-electron chi connectivity index (χ3n) is 3.99. The smallest absolute Gasteiger partial charge is 0.216 e. The minimum absolute atomic E-state index is 0.144. The van der Waals surface area contributed by atoms with E-state index < -0.39 is 5.82 Å². The molecule has 0 unspecified atom stereocenters. The zero-order valence-corrected chi connectivity index (χ0v) is 18.2. The lowest BCUT2D eigenvalue weighted by atomic mass is 10.2. The summed E-state index contributed by atoms with van der Waals surface area (Å²) >= 11 is 5.93. The second kappa shape index (κ2) is 11.2. The Bertz CT molecular complexity index is 914. The summed E-state index contributed by atoms with van der Waals surface area (Å²) in [5.74, 6) is -0.106. The van der Waals surface area contributed by atoms with Crippen LogP contribution in [0.5, 0.6) is 5.75 Å². The molecule has 0 atom stereocenters. The van der Waals surface area contributed by atoms with Gasteiger partial charge in [0.15, 0.2) is 11.6 Å². The maximum atomic E-state index is 14.4. The number of allylic oxidation sites excluding steroid dienone is 1. The molecule has 2 rings (SSSR count). The molecule has 8 heteroatoms. The van der Waals surface area contributed by atoms with E-state index >= 15 is 0 Å². The summed E-state index contributed by atoms with van der Waals surface area (Å²) in [7, 11) is 1.77. The number of halogens is 2. The van der Waals surface area contributed by atoms with Gasteiger partial charge in [-0.3, -0.25) is 9.69 Å². The molecule has 0 aliphatic rings. The number of carbonyl (C=O) groups is 1. The molecule has 0 aliphatic carbocycles. The van der Waals surface area contributed by atoms with Gasteiger partial charge >= 0.3 is 0 Å². The molecule has 2 N–H and O–H groups in total. The van der Waals surface area contributed by atoms with E-state index in [1.807, 2.05) is 32.9 Å². The van der Waals surface area contributed by atoms with Crippen molar-refractivity contribution in [1.29, 1.82) is 0 Å². The summed E-state index contributed by atoms with van der Waals surface area (Å²) < 4.78 is 19.8. The maximum absolute atomic E-state index is 14.4. The van der Waals surface area contributed by atoms with Crippen LogP contribution in [0.15, 0.2) is 59.4 Å². The molecule has 1 amide bonds. The molecule has 0 fully saturated rings. The molecule has 0 saturated heterocycles. The zero-order valence-electron chi connectivity index (χ0n) is 17.4. The van der Waals surface area contributed by atoms with Gasteiger partial charge in [-0.25, -0.2) is 9.38 Å². The van der Waals surface area contributed by atoms with Crippen molar-refractivity contribution in [2.24, 2.45) is 4.99 Å². The van der Waals surface area contributed by atoms with Crippen molar-refractivity contribution in [1.82, 2.24) is 10.2 Å². The third-order valence-corrected chi connectivity index (χ3v) is 4.24. The van der Waals surface area contributed by atoms with Gasteiger partial charge in [0, 0.05) is 35.7 Å². The number of amides is 1. The Labute approximate surface area is 181 Å². The first-order valence-corrected chi connectivity index (χ1v) is 9.82. The van der Waals surface area contributed by atoms with Crippen molar-refractivity contribution in [3.63, 3.8) is 0 Å². The molecular weight excluding hydrogens is 407 g/mol. The van der Waals surface area contributed by atoms with E-state index in [1.165, 1.54) is 17.0 Å². The van der Waals surface area contributed by atoms with E-state index in [-0.39, 0.29) is 24.4 Å². The SMILES string of the molecule is CN/C(C)=C/N=C(Nc1ccc(OC(C)C)c(F)c1)N(C=O)Cc1ccc(Cl)cc1. The molecule has 0 heterocycles. The molecule has 2 aromatic rings. The molecule has 2 aromatic carbocycles. The minimum Gasteiger partial charge on any atom is -0.488 e. The lowest BCUT2D eigenvalue weighted by Gasteiger charge is -2.21. The van der Waals surface area contributed by atoms with E-state index in [4.69, 9.17) is 16.3 Å². The summed E-state index contributed by atoms with van der Waals surface area (Å²) in [5, 5.41) is 6.58. The predicted molar refractivity (Wildman–Crippen MR) is 119 cm³/mol. The molecule has 160 valence electrons. The van der Waals surface area contributed by atoms with Crippen molar-refractivity contribution in [2.75, 3.05) is 12.4 Å². The molecule has 0 saturated carbocycles. The summed E-state index contributed by atoms with van der Waals surface area (Å²) in [6.07, 6.45) is 2.10. The minimum atomic E-state index is -0.509. The van der Waals surface area contributed by atoms with Crippen molar-refractivity contribution in [3.8, 4) is 5.75 Å². The Hall–Kier alpha value is -3.06. The Morgan fingerprint density at radius 1 is 1.27 bits per heavy atom. The van der Waals surface area contributed by atoms with Gasteiger partial charge in [-0.15, -0.1) is 0 Å². The number of nitrogens with one attached hydrogen (secondary N) is 2. The van der Waals surface area contributed by atoms with Crippen LogP contribution in [-0.2, 0) is 11.3 Å². The van der Waals surface area contributed by atoms with Crippen LogP contribution in [0.25, 0.3) is 0 Å². The van der Waals surface area contributed by atoms with Crippen molar-refractivity contribution in [3.05, 3.63) is 70.8 Å². The summed E-state index contributed by atoms with van der Waals surface area (Å²) in [6, 6.07) is 11.6. The van der Waals surface area contributed by atoms with Gasteiger partial charge in [0.05, 0.1) is 12.6 Å². The van der Waals surface area contributed by atoms with Gasteiger partial charge in [-0.05, 0) is 50.6 Å². The van der Waals surface area contributed by atoms with Gasteiger partial charge in [0.1, 0.15) is 0 Å². The number of aliphatic imine (C=N–C) groups is 1. The van der Waals surface area contributed by atoms with Crippen molar-refractivity contribution in [2.45, 2.75) is 33.4 Å². The topological polar surface area (TPSA) is 66.0 Å². The average Bonchev–Trinajstić information content (AvgIpc) is 2.72. The van der Waals surface area contributed by atoms with E-state index in [0.29, 0.717) is 17.1 Å². The fourth-order valence-corrected chi connectivity index (χ4v) is 2.53.